The SMILES string of the molecule is Cc1cccc(C2C[C@H](N)c3cc(Br)ccc3O2)c1. The van der Waals surface area contributed by atoms with Gasteiger partial charge in [0.2, 0.25) is 0 Å². The van der Waals surface area contributed by atoms with Gasteiger partial charge in [-0.05, 0) is 30.7 Å². The smallest absolute Gasteiger partial charge is 0.126 e. The maximum atomic E-state index is 6.28. The van der Waals surface area contributed by atoms with Crippen LogP contribution in [0.25, 0.3) is 0 Å². The molecule has 98 valence electrons. The van der Waals surface area contributed by atoms with Crippen LogP contribution < -0.4 is 10.5 Å². The van der Waals surface area contributed by atoms with Crippen molar-refractivity contribution in [2.45, 2.75) is 25.5 Å². The zero-order valence-electron chi connectivity index (χ0n) is 10.8. The highest BCUT2D eigenvalue weighted by Crippen LogP contribution is 2.40. The summed E-state index contributed by atoms with van der Waals surface area (Å²) in [5, 5.41) is 0. The number of hydrogen-bond acceptors (Lipinski definition) is 2. The van der Waals surface area contributed by atoms with Crippen molar-refractivity contribution in [1.82, 2.24) is 0 Å². The highest BCUT2D eigenvalue weighted by Gasteiger charge is 2.27. The highest BCUT2D eigenvalue weighted by molar-refractivity contribution is 9.10. The van der Waals surface area contributed by atoms with Crippen LogP contribution in [0.3, 0.4) is 0 Å². The predicted molar refractivity (Wildman–Crippen MR) is 80.2 cm³/mol. The third-order valence-corrected chi connectivity index (χ3v) is 4.02. The van der Waals surface area contributed by atoms with E-state index >= 15 is 0 Å². The molecule has 2 atom stereocenters. The minimum Gasteiger partial charge on any atom is -0.485 e. The van der Waals surface area contributed by atoms with E-state index in [0.29, 0.717) is 0 Å². The van der Waals surface area contributed by atoms with E-state index in [1.54, 1.807) is 0 Å². The van der Waals surface area contributed by atoms with Gasteiger partial charge >= 0.3 is 0 Å². The second-order valence-electron chi connectivity index (χ2n) is 5.04. The van der Waals surface area contributed by atoms with Crippen LogP contribution >= 0.6 is 15.9 Å². The van der Waals surface area contributed by atoms with Gasteiger partial charge in [-0.15, -0.1) is 0 Å². The molecule has 0 aliphatic carbocycles. The van der Waals surface area contributed by atoms with Gasteiger partial charge in [-0.2, -0.15) is 0 Å². The van der Waals surface area contributed by atoms with Crippen LogP contribution in [0.1, 0.15) is 35.3 Å². The number of rotatable bonds is 1. The van der Waals surface area contributed by atoms with Crippen molar-refractivity contribution in [3.05, 3.63) is 63.6 Å². The molecule has 19 heavy (non-hydrogen) atoms. The van der Waals surface area contributed by atoms with E-state index < -0.39 is 0 Å². The zero-order chi connectivity index (χ0) is 13.4. The number of hydrogen-bond donors (Lipinski definition) is 1. The minimum absolute atomic E-state index is 0.0202. The molecule has 3 rings (SSSR count). The molecule has 0 spiro atoms. The first kappa shape index (κ1) is 12.7. The molecule has 0 fully saturated rings. The molecule has 3 heteroatoms. The van der Waals surface area contributed by atoms with Gasteiger partial charge in [-0.1, -0.05) is 45.8 Å². The lowest BCUT2D eigenvalue weighted by molar-refractivity contribution is 0.161. The van der Waals surface area contributed by atoms with Crippen molar-refractivity contribution >= 4 is 15.9 Å². The van der Waals surface area contributed by atoms with Gasteiger partial charge in [0.05, 0.1) is 0 Å². The van der Waals surface area contributed by atoms with Gasteiger partial charge in [0.25, 0.3) is 0 Å². The molecule has 2 nitrogen and oxygen atoms in total. The average molecular weight is 318 g/mol. The van der Waals surface area contributed by atoms with Crippen molar-refractivity contribution in [2.24, 2.45) is 5.73 Å². The average Bonchev–Trinajstić information content (AvgIpc) is 2.39. The van der Waals surface area contributed by atoms with Crippen LogP contribution in [0.5, 0.6) is 5.75 Å². The number of nitrogens with two attached hydrogens (primary N) is 1. The Bertz CT molecular complexity index is 611. The first-order valence-electron chi connectivity index (χ1n) is 6.42. The van der Waals surface area contributed by atoms with Crippen LogP contribution in [0, 0.1) is 6.92 Å². The molecule has 1 aliphatic rings. The summed E-state index contributed by atoms with van der Waals surface area (Å²) in [6, 6.07) is 14.5. The van der Waals surface area contributed by atoms with Crippen LogP contribution in [0.2, 0.25) is 0 Å². The molecule has 2 aromatic carbocycles. The van der Waals surface area contributed by atoms with E-state index in [1.165, 1.54) is 11.1 Å². The topological polar surface area (TPSA) is 35.2 Å². The first-order valence-corrected chi connectivity index (χ1v) is 7.21. The normalized spacial score (nSPS) is 21.6. The molecule has 0 radical (unpaired) electrons. The Morgan fingerprint density at radius 3 is 2.84 bits per heavy atom. The Morgan fingerprint density at radius 2 is 2.05 bits per heavy atom. The molecule has 2 N–H and O–H groups in total. The summed E-state index contributed by atoms with van der Waals surface area (Å²) in [5.74, 6) is 0.897. The second kappa shape index (κ2) is 4.99. The lowest BCUT2D eigenvalue weighted by Gasteiger charge is -2.30. The Hall–Kier alpha value is -1.32. The number of ether oxygens (including phenoxy) is 1. The van der Waals surface area contributed by atoms with Crippen molar-refractivity contribution in [3.63, 3.8) is 0 Å². The van der Waals surface area contributed by atoms with Gasteiger partial charge in [0.15, 0.2) is 0 Å². The van der Waals surface area contributed by atoms with Gasteiger partial charge in [0.1, 0.15) is 11.9 Å². The molecular weight excluding hydrogens is 302 g/mol. The van der Waals surface area contributed by atoms with E-state index in [1.807, 2.05) is 18.2 Å². The van der Waals surface area contributed by atoms with Gasteiger partial charge in [-0.25, -0.2) is 0 Å². The lowest BCUT2D eigenvalue weighted by Crippen LogP contribution is -2.24. The van der Waals surface area contributed by atoms with Gasteiger partial charge in [0, 0.05) is 22.5 Å². The largest absolute Gasteiger partial charge is 0.485 e. The first-order chi connectivity index (χ1) is 9.13. The lowest BCUT2D eigenvalue weighted by atomic mass is 9.93. The predicted octanol–water partition coefficient (Wildman–Crippen LogP) is 4.28. The van der Waals surface area contributed by atoms with Crippen LogP contribution in [-0.2, 0) is 0 Å². The Kier molecular flexibility index (Phi) is 3.33. The van der Waals surface area contributed by atoms with Crippen molar-refractivity contribution in [2.75, 3.05) is 0 Å². The second-order valence-corrected chi connectivity index (χ2v) is 5.96. The fourth-order valence-corrected chi connectivity index (χ4v) is 2.93. The van der Waals surface area contributed by atoms with Gasteiger partial charge < -0.3 is 10.5 Å². The van der Waals surface area contributed by atoms with Crippen LogP contribution in [0.4, 0.5) is 0 Å². The van der Waals surface area contributed by atoms with Crippen LogP contribution in [-0.4, -0.2) is 0 Å². The van der Waals surface area contributed by atoms with Crippen molar-refractivity contribution in [3.8, 4) is 5.75 Å². The Labute approximate surface area is 121 Å². The van der Waals surface area contributed by atoms with Crippen molar-refractivity contribution in [1.29, 1.82) is 0 Å². The maximum absolute atomic E-state index is 6.28. The Balaban J connectivity index is 1.95. The molecule has 1 heterocycles. The third-order valence-electron chi connectivity index (χ3n) is 3.52. The molecule has 0 aromatic heterocycles. The molecule has 1 unspecified atom stereocenters. The molecular formula is C16H16BrNO. The molecule has 0 saturated heterocycles. The van der Waals surface area contributed by atoms with Crippen LogP contribution in [0.15, 0.2) is 46.9 Å². The van der Waals surface area contributed by atoms with E-state index in [4.69, 9.17) is 10.5 Å². The van der Waals surface area contributed by atoms with Crippen molar-refractivity contribution < 1.29 is 4.74 Å². The molecule has 0 saturated carbocycles. The number of halogens is 1. The summed E-state index contributed by atoms with van der Waals surface area (Å²) < 4.78 is 7.14. The minimum atomic E-state index is 0.0202. The van der Waals surface area contributed by atoms with E-state index in [0.717, 1.165) is 22.2 Å². The standard InChI is InChI=1S/C16H16BrNO/c1-10-3-2-4-11(7-10)16-9-14(18)13-8-12(17)5-6-15(13)19-16/h2-8,14,16H,9,18H2,1H3/t14-,16?/m0/s1. The molecule has 2 aromatic rings. The third kappa shape index (κ3) is 2.53. The Morgan fingerprint density at radius 1 is 1.21 bits per heavy atom. The molecule has 0 amide bonds. The zero-order valence-corrected chi connectivity index (χ0v) is 12.4. The summed E-state index contributed by atoms with van der Waals surface area (Å²) in [7, 11) is 0. The van der Waals surface area contributed by atoms with E-state index in [9.17, 15) is 0 Å². The monoisotopic (exact) mass is 317 g/mol. The summed E-state index contributed by atoms with van der Waals surface area (Å²) >= 11 is 3.48. The molecule has 1 aliphatic heterocycles. The summed E-state index contributed by atoms with van der Waals surface area (Å²) in [4.78, 5) is 0. The summed E-state index contributed by atoms with van der Waals surface area (Å²) in [6.45, 7) is 2.09. The molecule has 0 bridgehead atoms. The fourth-order valence-electron chi connectivity index (χ4n) is 2.55. The number of aryl methyl sites for hydroxylation is 1. The fraction of sp³-hybridized carbons (Fsp3) is 0.250. The number of fused-ring (bicyclic) bond motifs is 1. The van der Waals surface area contributed by atoms with Gasteiger partial charge in [-0.3, -0.25) is 0 Å². The highest BCUT2D eigenvalue weighted by atomic mass is 79.9. The summed E-state index contributed by atoms with van der Waals surface area (Å²) in [5.41, 5.74) is 9.81. The number of benzene rings is 2. The summed E-state index contributed by atoms with van der Waals surface area (Å²) in [6.07, 6.45) is 0.857. The van der Waals surface area contributed by atoms with E-state index in [-0.39, 0.29) is 12.1 Å². The maximum Gasteiger partial charge on any atom is 0.126 e. The van der Waals surface area contributed by atoms with E-state index in [2.05, 4.69) is 47.1 Å². The quantitative estimate of drug-likeness (QED) is 0.852.